The number of carbonyl (C=O) groups excluding carboxylic acids is 1. The minimum atomic E-state index is 0.000556. The molecule has 1 N–H and O–H groups in total. The molecule has 0 aromatic heterocycles. The Hall–Kier alpha value is -1.02. The van der Waals surface area contributed by atoms with Gasteiger partial charge in [-0.2, -0.15) is 0 Å². The molecule has 2 rings (SSSR count). The zero-order valence-electron chi connectivity index (χ0n) is 8.01. The van der Waals surface area contributed by atoms with E-state index in [-0.39, 0.29) is 11.9 Å². The van der Waals surface area contributed by atoms with Crippen molar-refractivity contribution in [1.29, 1.82) is 0 Å². The maximum Gasteiger partial charge on any atom is 0.251 e. The molecule has 1 amide bonds. The summed E-state index contributed by atoms with van der Waals surface area (Å²) in [7, 11) is 0. The highest BCUT2D eigenvalue weighted by molar-refractivity contribution is 6.31. The van der Waals surface area contributed by atoms with Crippen LogP contribution in [0.15, 0.2) is 18.2 Å². The smallest absolute Gasteiger partial charge is 0.251 e. The summed E-state index contributed by atoms with van der Waals surface area (Å²) in [5.74, 6) is 0.000556. The van der Waals surface area contributed by atoms with Crippen LogP contribution in [0.1, 0.15) is 29.3 Å². The number of benzene rings is 1. The molecule has 0 radical (unpaired) electrons. The number of hydrogen-bond donors (Lipinski definition) is 1. The first-order valence-electron chi connectivity index (χ1n) is 4.80. The van der Waals surface area contributed by atoms with Crippen molar-refractivity contribution in [2.45, 2.75) is 25.8 Å². The normalized spacial score (nSPS) is 20.1. The van der Waals surface area contributed by atoms with Crippen molar-refractivity contribution in [2.24, 2.45) is 0 Å². The lowest BCUT2D eigenvalue weighted by Crippen LogP contribution is -2.40. The minimum absolute atomic E-state index is 0.000556. The van der Waals surface area contributed by atoms with Gasteiger partial charge in [-0.15, -0.1) is 0 Å². The fourth-order valence-corrected chi connectivity index (χ4v) is 1.94. The highest BCUT2D eigenvalue weighted by Crippen LogP contribution is 2.21. The molecule has 1 aromatic rings. The van der Waals surface area contributed by atoms with E-state index < -0.39 is 0 Å². The Morgan fingerprint density at radius 1 is 1.57 bits per heavy atom. The third kappa shape index (κ3) is 1.62. The summed E-state index contributed by atoms with van der Waals surface area (Å²) < 4.78 is 0. The summed E-state index contributed by atoms with van der Waals surface area (Å²) in [4.78, 5) is 11.6. The van der Waals surface area contributed by atoms with Gasteiger partial charge in [0.2, 0.25) is 0 Å². The Labute approximate surface area is 88.3 Å². The van der Waals surface area contributed by atoms with E-state index >= 15 is 0 Å². The van der Waals surface area contributed by atoms with Crippen molar-refractivity contribution in [3.8, 4) is 0 Å². The summed E-state index contributed by atoms with van der Waals surface area (Å²) in [5, 5.41) is 3.57. The predicted molar refractivity (Wildman–Crippen MR) is 56.7 cm³/mol. The maximum atomic E-state index is 11.6. The first-order valence-corrected chi connectivity index (χ1v) is 5.17. The molecule has 0 aliphatic carbocycles. The summed E-state index contributed by atoms with van der Waals surface area (Å²) in [6.45, 7) is 2.08. The molecular weight excluding hydrogens is 198 g/mol. The number of amides is 1. The minimum Gasteiger partial charge on any atom is -0.349 e. The van der Waals surface area contributed by atoms with Crippen LogP contribution in [0.4, 0.5) is 0 Å². The van der Waals surface area contributed by atoms with Crippen LogP contribution < -0.4 is 5.32 Å². The zero-order chi connectivity index (χ0) is 10.1. The van der Waals surface area contributed by atoms with Gasteiger partial charge in [0.15, 0.2) is 0 Å². The van der Waals surface area contributed by atoms with Gasteiger partial charge >= 0.3 is 0 Å². The Morgan fingerprint density at radius 2 is 2.36 bits per heavy atom. The third-order valence-electron chi connectivity index (χ3n) is 2.61. The Morgan fingerprint density at radius 3 is 3.07 bits per heavy atom. The summed E-state index contributed by atoms with van der Waals surface area (Å²) in [6.07, 6.45) is 1.88. The molecule has 0 saturated heterocycles. The van der Waals surface area contributed by atoms with Crippen LogP contribution >= 0.6 is 11.6 Å². The van der Waals surface area contributed by atoms with E-state index in [0.29, 0.717) is 5.02 Å². The standard InChI is InChI=1S/C11H12ClNO/c1-2-9-5-7-3-4-8(12)6-10(7)11(14)13-9/h3-4,6,9H,2,5H2,1H3,(H,13,14). The van der Waals surface area contributed by atoms with Crippen molar-refractivity contribution in [1.82, 2.24) is 5.32 Å². The molecule has 74 valence electrons. The average Bonchev–Trinajstić information content (AvgIpc) is 2.19. The van der Waals surface area contributed by atoms with Gasteiger partial charge in [-0.25, -0.2) is 0 Å². The Balaban J connectivity index is 2.40. The SMILES string of the molecule is CCC1Cc2ccc(Cl)cc2C(=O)N1. The highest BCUT2D eigenvalue weighted by Gasteiger charge is 2.22. The Bertz CT molecular complexity index is 376. The second-order valence-electron chi connectivity index (χ2n) is 3.58. The largest absolute Gasteiger partial charge is 0.349 e. The van der Waals surface area contributed by atoms with Crippen LogP contribution in [0, 0.1) is 0 Å². The van der Waals surface area contributed by atoms with Crippen molar-refractivity contribution >= 4 is 17.5 Å². The molecule has 0 saturated carbocycles. The molecule has 1 aliphatic heterocycles. The molecule has 0 bridgehead atoms. The lowest BCUT2D eigenvalue weighted by molar-refractivity contribution is 0.0924. The van der Waals surface area contributed by atoms with Gasteiger partial charge in [0.1, 0.15) is 0 Å². The van der Waals surface area contributed by atoms with Crippen LogP contribution in [0.3, 0.4) is 0 Å². The van der Waals surface area contributed by atoms with Crippen molar-refractivity contribution in [3.63, 3.8) is 0 Å². The van der Waals surface area contributed by atoms with Crippen molar-refractivity contribution in [2.75, 3.05) is 0 Å². The number of fused-ring (bicyclic) bond motifs is 1. The van der Waals surface area contributed by atoms with Crippen LogP contribution in [0.25, 0.3) is 0 Å². The number of halogens is 1. The number of hydrogen-bond acceptors (Lipinski definition) is 1. The fraction of sp³-hybridized carbons (Fsp3) is 0.364. The van der Waals surface area contributed by atoms with Gasteiger partial charge in [0.25, 0.3) is 5.91 Å². The molecule has 14 heavy (non-hydrogen) atoms. The van der Waals surface area contributed by atoms with Crippen LogP contribution in [-0.4, -0.2) is 11.9 Å². The summed E-state index contributed by atoms with van der Waals surface area (Å²) in [6, 6.07) is 5.79. The predicted octanol–water partition coefficient (Wildman–Crippen LogP) is 2.40. The van der Waals surface area contributed by atoms with E-state index in [4.69, 9.17) is 11.6 Å². The summed E-state index contributed by atoms with van der Waals surface area (Å²) in [5.41, 5.74) is 1.83. The first kappa shape index (κ1) is 9.53. The summed E-state index contributed by atoms with van der Waals surface area (Å²) >= 11 is 5.83. The van der Waals surface area contributed by atoms with E-state index in [0.717, 1.165) is 24.0 Å². The molecule has 2 nitrogen and oxygen atoms in total. The second-order valence-corrected chi connectivity index (χ2v) is 4.02. The topological polar surface area (TPSA) is 29.1 Å². The van der Waals surface area contributed by atoms with Crippen LogP contribution in [-0.2, 0) is 6.42 Å². The van der Waals surface area contributed by atoms with E-state index in [1.165, 1.54) is 0 Å². The van der Waals surface area contributed by atoms with Gasteiger partial charge in [-0.3, -0.25) is 4.79 Å². The number of nitrogens with one attached hydrogen (secondary N) is 1. The van der Waals surface area contributed by atoms with Crippen molar-refractivity contribution < 1.29 is 4.79 Å². The molecule has 0 fully saturated rings. The number of carbonyl (C=O) groups is 1. The van der Waals surface area contributed by atoms with Gasteiger partial charge in [0, 0.05) is 16.6 Å². The lowest BCUT2D eigenvalue weighted by Gasteiger charge is -2.24. The zero-order valence-corrected chi connectivity index (χ0v) is 8.77. The third-order valence-corrected chi connectivity index (χ3v) is 2.85. The quantitative estimate of drug-likeness (QED) is 0.756. The monoisotopic (exact) mass is 209 g/mol. The first-order chi connectivity index (χ1) is 6.70. The molecule has 1 heterocycles. The Kier molecular flexibility index (Phi) is 2.46. The van der Waals surface area contributed by atoms with Gasteiger partial charge in [-0.05, 0) is 30.5 Å². The molecule has 3 heteroatoms. The van der Waals surface area contributed by atoms with Gasteiger partial charge in [0.05, 0.1) is 0 Å². The van der Waals surface area contributed by atoms with Gasteiger partial charge in [-0.1, -0.05) is 24.6 Å². The van der Waals surface area contributed by atoms with E-state index in [9.17, 15) is 4.79 Å². The van der Waals surface area contributed by atoms with E-state index in [2.05, 4.69) is 12.2 Å². The molecule has 1 unspecified atom stereocenters. The fourth-order valence-electron chi connectivity index (χ4n) is 1.76. The van der Waals surface area contributed by atoms with E-state index in [1.807, 2.05) is 12.1 Å². The molecule has 1 atom stereocenters. The molecule has 1 aliphatic rings. The molecule has 0 spiro atoms. The average molecular weight is 210 g/mol. The molecular formula is C11H12ClNO. The second kappa shape index (κ2) is 3.62. The van der Waals surface area contributed by atoms with Crippen LogP contribution in [0.5, 0.6) is 0 Å². The highest BCUT2D eigenvalue weighted by atomic mass is 35.5. The van der Waals surface area contributed by atoms with E-state index in [1.54, 1.807) is 6.07 Å². The van der Waals surface area contributed by atoms with Crippen LogP contribution in [0.2, 0.25) is 5.02 Å². The molecule has 1 aromatic carbocycles. The lowest BCUT2D eigenvalue weighted by atomic mass is 9.94. The van der Waals surface area contributed by atoms with Gasteiger partial charge < -0.3 is 5.32 Å². The maximum absolute atomic E-state index is 11.6. The number of rotatable bonds is 1. The van der Waals surface area contributed by atoms with Crippen molar-refractivity contribution in [3.05, 3.63) is 34.3 Å².